The van der Waals surface area contributed by atoms with Crippen molar-refractivity contribution in [1.82, 2.24) is 4.90 Å². The Labute approximate surface area is 97.2 Å². The van der Waals surface area contributed by atoms with Crippen LogP contribution in [-0.2, 0) is 0 Å². The summed E-state index contributed by atoms with van der Waals surface area (Å²) in [7, 11) is 0. The molecular weight excluding hydrogens is 182 g/mol. The van der Waals surface area contributed by atoms with Crippen LogP contribution in [-0.4, -0.2) is 24.0 Å². The van der Waals surface area contributed by atoms with Crippen molar-refractivity contribution in [3.8, 4) is 0 Å². The van der Waals surface area contributed by atoms with Crippen LogP contribution < -0.4 is 0 Å². The first-order chi connectivity index (χ1) is 6.93. The number of unbranched alkanes of at least 4 members (excludes halogenated alkanes) is 1. The van der Waals surface area contributed by atoms with E-state index in [4.69, 9.17) is 0 Å². The highest BCUT2D eigenvalue weighted by molar-refractivity contribution is 4.67. The monoisotopic (exact) mass is 213 g/mol. The van der Waals surface area contributed by atoms with E-state index in [1.165, 1.54) is 38.8 Å². The lowest BCUT2D eigenvalue weighted by atomic mass is 9.85. The van der Waals surface area contributed by atoms with Gasteiger partial charge in [-0.1, -0.05) is 40.5 Å². The molecule has 0 spiro atoms. The molecule has 0 aliphatic heterocycles. The lowest BCUT2D eigenvalue weighted by Gasteiger charge is -2.26. The average molecular weight is 213 g/mol. The topological polar surface area (TPSA) is 3.24 Å². The Balaban J connectivity index is 3.61. The number of hydrogen-bond acceptors (Lipinski definition) is 1. The van der Waals surface area contributed by atoms with Gasteiger partial charge in [0, 0.05) is 6.04 Å². The third kappa shape index (κ3) is 6.94. The minimum Gasteiger partial charge on any atom is -0.301 e. The second kappa shape index (κ2) is 7.27. The smallest absolute Gasteiger partial charge is 0.00384 e. The van der Waals surface area contributed by atoms with E-state index < -0.39 is 0 Å². The minimum atomic E-state index is 0.550. The summed E-state index contributed by atoms with van der Waals surface area (Å²) < 4.78 is 0. The standard InChI is InChI=1S/C14H31N/c1-7-14(5,6)11-9-10-12-15(8-2)13(3)4/h13H,7-12H2,1-6H3. The van der Waals surface area contributed by atoms with E-state index in [0.29, 0.717) is 11.5 Å². The molecule has 0 amide bonds. The zero-order valence-electron chi connectivity index (χ0n) is 11.8. The maximum atomic E-state index is 2.55. The van der Waals surface area contributed by atoms with Gasteiger partial charge in [-0.05, 0) is 45.2 Å². The first-order valence-corrected chi connectivity index (χ1v) is 6.67. The van der Waals surface area contributed by atoms with Crippen LogP contribution >= 0.6 is 0 Å². The van der Waals surface area contributed by atoms with Crippen molar-refractivity contribution in [2.24, 2.45) is 5.41 Å². The largest absolute Gasteiger partial charge is 0.301 e. The number of hydrogen-bond donors (Lipinski definition) is 0. The molecule has 0 aliphatic rings. The molecule has 15 heavy (non-hydrogen) atoms. The number of rotatable bonds is 8. The van der Waals surface area contributed by atoms with E-state index in [-0.39, 0.29) is 0 Å². The third-order valence-electron chi connectivity index (χ3n) is 3.64. The molecule has 0 aromatic carbocycles. The van der Waals surface area contributed by atoms with E-state index in [1.807, 2.05) is 0 Å². The van der Waals surface area contributed by atoms with Crippen LogP contribution in [0.5, 0.6) is 0 Å². The van der Waals surface area contributed by atoms with E-state index in [0.717, 1.165) is 0 Å². The van der Waals surface area contributed by atoms with Gasteiger partial charge in [-0.3, -0.25) is 0 Å². The predicted octanol–water partition coefficient (Wildman–Crippen LogP) is 4.32. The van der Waals surface area contributed by atoms with Gasteiger partial charge in [0.05, 0.1) is 0 Å². The molecule has 0 aromatic heterocycles. The highest BCUT2D eigenvalue weighted by Crippen LogP contribution is 2.26. The summed E-state index contributed by atoms with van der Waals surface area (Å²) >= 11 is 0. The molecule has 0 radical (unpaired) electrons. The Kier molecular flexibility index (Phi) is 7.25. The van der Waals surface area contributed by atoms with E-state index in [2.05, 4.69) is 46.4 Å². The summed E-state index contributed by atoms with van der Waals surface area (Å²) in [5.74, 6) is 0. The molecule has 0 fully saturated rings. The van der Waals surface area contributed by atoms with Crippen LogP contribution in [0.25, 0.3) is 0 Å². The summed E-state index contributed by atoms with van der Waals surface area (Å²) in [6.07, 6.45) is 5.41. The Morgan fingerprint density at radius 1 is 1.07 bits per heavy atom. The normalized spacial score (nSPS) is 12.8. The van der Waals surface area contributed by atoms with Crippen molar-refractivity contribution in [3.05, 3.63) is 0 Å². The van der Waals surface area contributed by atoms with Crippen molar-refractivity contribution < 1.29 is 0 Å². The van der Waals surface area contributed by atoms with Crippen molar-refractivity contribution in [3.63, 3.8) is 0 Å². The maximum absolute atomic E-state index is 2.55. The molecule has 0 atom stereocenters. The highest BCUT2D eigenvalue weighted by Gasteiger charge is 2.14. The van der Waals surface area contributed by atoms with Gasteiger partial charge in [0.15, 0.2) is 0 Å². The van der Waals surface area contributed by atoms with Gasteiger partial charge < -0.3 is 4.90 Å². The van der Waals surface area contributed by atoms with E-state index in [1.54, 1.807) is 0 Å². The Morgan fingerprint density at radius 2 is 1.67 bits per heavy atom. The van der Waals surface area contributed by atoms with Gasteiger partial charge in [0.1, 0.15) is 0 Å². The molecule has 0 N–H and O–H groups in total. The second-order valence-corrected chi connectivity index (χ2v) is 5.70. The molecule has 0 rings (SSSR count). The first-order valence-electron chi connectivity index (χ1n) is 6.67. The Hall–Kier alpha value is -0.0400. The second-order valence-electron chi connectivity index (χ2n) is 5.70. The highest BCUT2D eigenvalue weighted by atomic mass is 15.1. The molecule has 0 saturated carbocycles. The zero-order valence-corrected chi connectivity index (χ0v) is 11.8. The van der Waals surface area contributed by atoms with Crippen LogP contribution in [0.4, 0.5) is 0 Å². The fourth-order valence-electron chi connectivity index (χ4n) is 1.88. The van der Waals surface area contributed by atoms with Crippen molar-refractivity contribution in [2.75, 3.05) is 13.1 Å². The van der Waals surface area contributed by atoms with Crippen LogP contribution in [0.2, 0.25) is 0 Å². The molecule has 0 heterocycles. The summed E-state index contributed by atoms with van der Waals surface area (Å²) in [6, 6.07) is 0.703. The molecule has 1 heteroatoms. The Morgan fingerprint density at radius 3 is 2.07 bits per heavy atom. The van der Waals surface area contributed by atoms with Crippen molar-refractivity contribution in [2.45, 2.75) is 73.3 Å². The lowest BCUT2D eigenvalue weighted by Crippen LogP contribution is -2.31. The van der Waals surface area contributed by atoms with Gasteiger partial charge in [-0.2, -0.15) is 0 Å². The van der Waals surface area contributed by atoms with Gasteiger partial charge in [-0.15, -0.1) is 0 Å². The van der Waals surface area contributed by atoms with E-state index in [9.17, 15) is 0 Å². The number of nitrogens with zero attached hydrogens (tertiary/aromatic N) is 1. The van der Waals surface area contributed by atoms with Crippen LogP contribution in [0, 0.1) is 5.41 Å². The Bertz CT molecular complexity index is 149. The SMILES string of the molecule is CCN(CCCCC(C)(C)CC)C(C)C. The molecule has 0 aliphatic carbocycles. The summed E-state index contributed by atoms with van der Waals surface area (Å²) in [5, 5.41) is 0. The van der Waals surface area contributed by atoms with Gasteiger partial charge in [0.2, 0.25) is 0 Å². The third-order valence-corrected chi connectivity index (χ3v) is 3.64. The van der Waals surface area contributed by atoms with Crippen LogP contribution in [0.3, 0.4) is 0 Å². The van der Waals surface area contributed by atoms with Gasteiger partial charge in [0.25, 0.3) is 0 Å². The minimum absolute atomic E-state index is 0.550. The van der Waals surface area contributed by atoms with Crippen LogP contribution in [0.1, 0.15) is 67.2 Å². The molecule has 0 unspecified atom stereocenters. The maximum Gasteiger partial charge on any atom is 0.00384 e. The summed E-state index contributed by atoms with van der Waals surface area (Å²) in [6.45, 7) is 16.4. The molecule has 0 aromatic rings. The van der Waals surface area contributed by atoms with Gasteiger partial charge in [-0.25, -0.2) is 0 Å². The fourth-order valence-corrected chi connectivity index (χ4v) is 1.88. The van der Waals surface area contributed by atoms with Crippen LogP contribution in [0.15, 0.2) is 0 Å². The summed E-state index contributed by atoms with van der Waals surface area (Å²) in [4.78, 5) is 2.55. The van der Waals surface area contributed by atoms with Crippen molar-refractivity contribution >= 4 is 0 Å². The molecule has 92 valence electrons. The molecule has 0 bridgehead atoms. The van der Waals surface area contributed by atoms with E-state index >= 15 is 0 Å². The quantitative estimate of drug-likeness (QED) is 0.543. The van der Waals surface area contributed by atoms with Crippen molar-refractivity contribution in [1.29, 1.82) is 0 Å². The molecule has 0 saturated heterocycles. The zero-order chi connectivity index (χ0) is 11.9. The molecule has 1 nitrogen and oxygen atoms in total. The summed E-state index contributed by atoms with van der Waals surface area (Å²) in [5.41, 5.74) is 0.550. The fraction of sp³-hybridized carbons (Fsp3) is 1.00. The average Bonchev–Trinajstić information content (AvgIpc) is 2.17. The predicted molar refractivity (Wildman–Crippen MR) is 70.3 cm³/mol. The van der Waals surface area contributed by atoms with Gasteiger partial charge >= 0.3 is 0 Å². The molecular formula is C14H31N. The first kappa shape index (κ1) is 15.0. The lowest BCUT2D eigenvalue weighted by molar-refractivity contribution is 0.220.